The molecule has 1 aromatic carbocycles. The molecule has 2 aliphatic rings. The summed E-state index contributed by atoms with van der Waals surface area (Å²) in [5.74, 6) is -0.0827. The maximum atomic E-state index is 13.2. The summed E-state index contributed by atoms with van der Waals surface area (Å²) in [5.41, 5.74) is 3.08. The van der Waals surface area contributed by atoms with Gasteiger partial charge in [-0.2, -0.15) is 0 Å². The van der Waals surface area contributed by atoms with Gasteiger partial charge in [-0.3, -0.25) is 19.3 Å². The number of rotatable bonds is 7. The molecule has 0 aliphatic carbocycles. The Morgan fingerprint density at radius 3 is 2.76 bits per heavy atom. The van der Waals surface area contributed by atoms with Crippen LogP contribution in [-0.4, -0.2) is 50.6 Å². The number of likely N-dealkylation sites (tertiary alicyclic amines) is 1. The number of hydrogen-bond donors (Lipinski definition) is 0. The van der Waals surface area contributed by atoms with Crippen molar-refractivity contribution in [1.82, 2.24) is 14.4 Å². The highest BCUT2D eigenvalue weighted by Gasteiger charge is 2.34. The van der Waals surface area contributed by atoms with E-state index in [9.17, 15) is 14.4 Å². The summed E-state index contributed by atoms with van der Waals surface area (Å²) in [5, 5.41) is 0.807. The van der Waals surface area contributed by atoms with Crippen LogP contribution in [0.2, 0.25) is 0 Å². The van der Waals surface area contributed by atoms with Gasteiger partial charge in [0.05, 0.1) is 10.4 Å². The summed E-state index contributed by atoms with van der Waals surface area (Å²) in [6, 6.07) is 6.42. The van der Waals surface area contributed by atoms with Crippen LogP contribution >= 0.6 is 11.8 Å². The smallest absolute Gasteiger partial charge is 0.293 e. The second-order valence-electron chi connectivity index (χ2n) is 9.00. The van der Waals surface area contributed by atoms with Gasteiger partial charge in [0.15, 0.2) is 0 Å². The molecule has 2 saturated heterocycles. The topological polar surface area (TPSA) is 62.6 Å². The summed E-state index contributed by atoms with van der Waals surface area (Å²) in [6.45, 7) is 7.84. The Morgan fingerprint density at radius 2 is 2.03 bits per heavy atom. The van der Waals surface area contributed by atoms with Gasteiger partial charge in [-0.15, -0.1) is 0 Å². The monoisotopic (exact) mass is 467 g/mol. The summed E-state index contributed by atoms with van der Waals surface area (Å²) >= 11 is 1.01. The van der Waals surface area contributed by atoms with E-state index in [1.54, 1.807) is 0 Å². The van der Waals surface area contributed by atoms with E-state index in [-0.39, 0.29) is 29.6 Å². The fraction of sp³-hybridized carbons (Fsp3) is 0.500. The van der Waals surface area contributed by atoms with Crippen molar-refractivity contribution < 1.29 is 14.4 Å². The average molecular weight is 468 g/mol. The number of nitrogens with zero attached hydrogens (tertiary/aromatic N) is 3. The minimum Gasteiger partial charge on any atom is -0.338 e. The predicted molar refractivity (Wildman–Crippen MR) is 134 cm³/mol. The van der Waals surface area contributed by atoms with Gasteiger partial charge in [0, 0.05) is 36.3 Å². The zero-order valence-electron chi connectivity index (χ0n) is 19.8. The number of unbranched alkanes of at least 4 members (excludes halogenated alkanes) is 1. The number of amides is 3. The van der Waals surface area contributed by atoms with Crippen LogP contribution in [0.5, 0.6) is 0 Å². The summed E-state index contributed by atoms with van der Waals surface area (Å²) in [6.07, 6.45) is 9.66. The first-order valence-corrected chi connectivity index (χ1v) is 12.9. The van der Waals surface area contributed by atoms with Gasteiger partial charge >= 0.3 is 0 Å². The standard InChI is InChI=1S/C26H33N3O3S/c1-4-6-13-29-25(31)22(33-26(29)32)15-20-16-27(24-19(5-2)11-9-12-21(20)24)17-23(30)28-14-8-7-10-18(28)3/h9,11-12,15-16,18H,4-8,10,13-14,17H2,1-3H3/b22-15-/t18-/m0/s1. The van der Waals surface area contributed by atoms with Crippen molar-refractivity contribution in [3.8, 4) is 0 Å². The Morgan fingerprint density at radius 1 is 1.21 bits per heavy atom. The van der Waals surface area contributed by atoms with Gasteiger partial charge in [-0.05, 0) is 62.4 Å². The number of imide groups is 1. The molecule has 1 atom stereocenters. The molecular formula is C26H33N3O3S. The minimum atomic E-state index is -0.218. The number of para-hydroxylation sites is 1. The van der Waals surface area contributed by atoms with Gasteiger partial charge < -0.3 is 9.47 Å². The van der Waals surface area contributed by atoms with Crippen LogP contribution in [0.1, 0.15) is 64.0 Å². The molecule has 0 saturated carbocycles. The summed E-state index contributed by atoms with van der Waals surface area (Å²) in [7, 11) is 0. The molecule has 2 fully saturated rings. The molecule has 0 unspecified atom stereocenters. The maximum Gasteiger partial charge on any atom is 0.293 e. The first kappa shape index (κ1) is 23.6. The number of benzene rings is 1. The van der Waals surface area contributed by atoms with Crippen LogP contribution in [0.3, 0.4) is 0 Å². The molecular weight excluding hydrogens is 434 g/mol. The molecule has 176 valence electrons. The van der Waals surface area contributed by atoms with E-state index in [1.807, 2.05) is 40.8 Å². The molecule has 3 amide bonds. The second-order valence-corrected chi connectivity index (χ2v) is 9.99. The van der Waals surface area contributed by atoms with Crippen molar-refractivity contribution in [2.24, 2.45) is 0 Å². The summed E-state index contributed by atoms with van der Waals surface area (Å²) in [4.78, 5) is 42.2. The van der Waals surface area contributed by atoms with Crippen LogP contribution in [0.4, 0.5) is 4.79 Å². The number of carbonyl (C=O) groups excluding carboxylic acids is 3. The molecule has 0 bridgehead atoms. The number of piperidine rings is 1. The van der Waals surface area contributed by atoms with E-state index < -0.39 is 0 Å². The van der Waals surface area contributed by atoms with Crippen LogP contribution in [0.25, 0.3) is 17.0 Å². The molecule has 1 aromatic heterocycles. The minimum absolute atomic E-state index is 0.136. The molecule has 3 heterocycles. The van der Waals surface area contributed by atoms with E-state index in [2.05, 4.69) is 19.9 Å². The average Bonchev–Trinajstić information content (AvgIpc) is 3.29. The first-order chi connectivity index (χ1) is 15.9. The highest BCUT2D eigenvalue weighted by molar-refractivity contribution is 8.18. The third kappa shape index (κ3) is 4.74. The van der Waals surface area contributed by atoms with E-state index in [0.717, 1.165) is 66.9 Å². The van der Waals surface area contributed by atoms with E-state index in [1.165, 1.54) is 16.9 Å². The lowest BCUT2D eigenvalue weighted by molar-refractivity contribution is -0.135. The predicted octanol–water partition coefficient (Wildman–Crippen LogP) is 5.44. The lowest BCUT2D eigenvalue weighted by atomic mass is 10.0. The molecule has 2 aliphatic heterocycles. The SMILES string of the molecule is CCCCN1C(=O)S/C(=C\c2cn(CC(=O)N3CCCC[C@@H]3C)c3c(CC)cccc23)C1=O. The van der Waals surface area contributed by atoms with Crippen molar-refractivity contribution >= 4 is 45.8 Å². The zero-order valence-corrected chi connectivity index (χ0v) is 20.6. The summed E-state index contributed by atoms with van der Waals surface area (Å²) < 4.78 is 2.03. The van der Waals surface area contributed by atoms with Gasteiger partial charge in [0.2, 0.25) is 5.91 Å². The Balaban J connectivity index is 1.69. The van der Waals surface area contributed by atoms with Crippen LogP contribution in [0, 0.1) is 0 Å². The third-order valence-electron chi connectivity index (χ3n) is 6.72. The maximum absolute atomic E-state index is 13.2. The molecule has 0 radical (unpaired) electrons. The van der Waals surface area contributed by atoms with Crippen LogP contribution in [-0.2, 0) is 22.6 Å². The van der Waals surface area contributed by atoms with Gasteiger partial charge in [0.25, 0.3) is 11.1 Å². The zero-order chi connectivity index (χ0) is 23.5. The number of aryl methyl sites for hydroxylation is 1. The molecule has 4 rings (SSSR count). The van der Waals surface area contributed by atoms with E-state index in [0.29, 0.717) is 11.4 Å². The molecule has 0 N–H and O–H groups in total. The van der Waals surface area contributed by atoms with Crippen molar-refractivity contribution in [3.05, 3.63) is 40.4 Å². The van der Waals surface area contributed by atoms with Crippen molar-refractivity contribution in [1.29, 1.82) is 0 Å². The number of hydrogen-bond acceptors (Lipinski definition) is 4. The number of carbonyl (C=O) groups is 3. The highest BCUT2D eigenvalue weighted by Crippen LogP contribution is 2.35. The van der Waals surface area contributed by atoms with Gasteiger partial charge in [0.1, 0.15) is 6.54 Å². The Kier molecular flexibility index (Phi) is 7.27. The lowest BCUT2D eigenvalue weighted by Crippen LogP contribution is -2.43. The number of fused-ring (bicyclic) bond motifs is 1. The van der Waals surface area contributed by atoms with Crippen molar-refractivity contribution in [3.63, 3.8) is 0 Å². The first-order valence-electron chi connectivity index (χ1n) is 12.1. The molecule has 0 spiro atoms. The lowest BCUT2D eigenvalue weighted by Gasteiger charge is -2.33. The van der Waals surface area contributed by atoms with Crippen molar-refractivity contribution in [2.75, 3.05) is 13.1 Å². The molecule has 33 heavy (non-hydrogen) atoms. The van der Waals surface area contributed by atoms with E-state index >= 15 is 0 Å². The van der Waals surface area contributed by atoms with Gasteiger partial charge in [-0.25, -0.2) is 0 Å². The van der Waals surface area contributed by atoms with Crippen LogP contribution < -0.4 is 0 Å². The highest BCUT2D eigenvalue weighted by atomic mass is 32.2. The Labute approximate surface area is 200 Å². The van der Waals surface area contributed by atoms with E-state index in [4.69, 9.17) is 0 Å². The van der Waals surface area contributed by atoms with Crippen LogP contribution in [0.15, 0.2) is 29.3 Å². The number of aromatic nitrogens is 1. The van der Waals surface area contributed by atoms with Crippen molar-refractivity contribution in [2.45, 2.75) is 71.9 Å². The molecule has 2 aromatic rings. The third-order valence-corrected chi connectivity index (χ3v) is 7.63. The normalized spacial score (nSPS) is 20.5. The largest absolute Gasteiger partial charge is 0.338 e. The molecule has 6 nitrogen and oxygen atoms in total. The van der Waals surface area contributed by atoms with Gasteiger partial charge in [-0.1, -0.05) is 38.5 Å². The fourth-order valence-corrected chi connectivity index (χ4v) is 5.70. The Bertz CT molecular complexity index is 1100. The second kappa shape index (κ2) is 10.2. The quantitative estimate of drug-likeness (QED) is 0.509. The number of thioether (sulfide) groups is 1. The molecule has 7 heteroatoms. The fourth-order valence-electron chi connectivity index (χ4n) is 4.85. The Hall–Kier alpha value is -2.54.